The van der Waals surface area contributed by atoms with Crippen LogP contribution in [0.5, 0.6) is 0 Å². The summed E-state index contributed by atoms with van der Waals surface area (Å²) in [5.74, 6) is 0.358. The Morgan fingerprint density at radius 3 is 2.56 bits per heavy atom. The van der Waals surface area contributed by atoms with Crippen LogP contribution in [0.25, 0.3) is 0 Å². The van der Waals surface area contributed by atoms with Crippen molar-refractivity contribution in [1.82, 2.24) is 4.98 Å². The van der Waals surface area contributed by atoms with Crippen molar-refractivity contribution in [3.63, 3.8) is 0 Å². The molecule has 0 unspecified atom stereocenters. The van der Waals surface area contributed by atoms with Crippen molar-refractivity contribution in [3.8, 4) is 0 Å². The minimum Gasteiger partial charge on any atom is -0.356 e. The average Bonchev–Trinajstić information content (AvgIpc) is 2.25. The molecular weight excluding hydrogens is 285 g/mol. The fourth-order valence-corrected chi connectivity index (χ4v) is 1.72. The number of nitrogens with zero attached hydrogens (tertiary/aromatic N) is 2. The number of hydrogen-bond donors (Lipinski definition) is 0. The van der Waals surface area contributed by atoms with Gasteiger partial charge in [-0.15, -0.1) is 0 Å². The summed E-state index contributed by atoms with van der Waals surface area (Å²) in [6, 6.07) is 3.94. The van der Waals surface area contributed by atoms with Crippen LogP contribution in [0.2, 0.25) is 0 Å². The van der Waals surface area contributed by atoms with Crippen molar-refractivity contribution in [2.75, 3.05) is 23.3 Å². The predicted molar refractivity (Wildman–Crippen MR) is 60.9 cm³/mol. The third-order valence-corrected chi connectivity index (χ3v) is 2.44. The molecule has 0 amide bonds. The highest BCUT2D eigenvalue weighted by Crippen LogP contribution is 2.28. The van der Waals surface area contributed by atoms with Crippen LogP contribution in [-0.4, -0.2) is 23.4 Å². The Kier molecular flexibility index (Phi) is 4.58. The summed E-state index contributed by atoms with van der Waals surface area (Å²) in [6.07, 6.45) is -4.39. The van der Waals surface area contributed by atoms with Gasteiger partial charge in [0.1, 0.15) is 11.5 Å². The standard InChI is InChI=1S/C10H12BrF3N2/c1-2-16(7-6-11)9-5-3-4-8(15-9)10(12,13)14/h3-5H,2,6-7H2,1H3. The molecule has 0 aromatic carbocycles. The van der Waals surface area contributed by atoms with Crippen molar-refractivity contribution in [1.29, 1.82) is 0 Å². The van der Waals surface area contributed by atoms with Crippen molar-refractivity contribution in [2.24, 2.45) is 0 Å². The van der Waals surface area contributed by atoms with E-state index in [2.05, 4.69) is 20.9 Å². The molecule has 2 nitrogen and oxygen atoms in total. The van der Waals surface area contributed by atoms with Crippen LogP contribution in [-0.2, 0) is 6.18 Å². The van der Waals surface area contributed by atoms with Crippen molar-refractivity contribution < 1.29 is 13.2 Å². The lowest BCUT2D eigenvalue weighted by molar-refractivity contribution is -0.141. The molecule has 0 atom stereocenters. The summed E-state index contributed by atoms with van der Waals surface area (Å²) < 4.78 is 37.3. The SMILES string of the molecule is CCN(CCBr)c1cccc(C(F)(F)F)n1. The zero-order valence-electron chi connectivity index (χ0n) is 8.76. The van der Waals surface area contributed by atoms with Crippen LogP contribution in [0.4, 0.5) is 19.0 Å². The van der Waals surface area contributed by atoms with E-state index in [0.717, 1.165) is 6.07 Å². The number of rotatable bonds is 4. The first-order valence-electron chi connectivity index (χ1n) is 4.84. The molecule has 0 spiro atoms. The van der Waals surface area contributed by atoms with Crippen LogP contribution in [0.1, 0.15) is 12.6 Å². The summed E-state index contributed by atoms with van der Waals surface area (Å²) in [4.78, 5) is 5.40. The molecule has 1 heterocycles. The van der Waals surface area contributed by atoms with Gasteiger partial charge in [0.05, 0.1) is 0 Å². The summed E-state index contributed by atoms with van der Waals surface area (Å²) in [7, 11) is 0. The summed E-state index contributed by atoms with van der Waals surface area (Å²) in [5, 5.41) is 0.693. The molecule has 90 valence electrons. The van der Waals surface area contributed by atoms with E-state index in [9.17, 15) is 13.2 Å². The zero-order chi connectivity index (χ0) is 12.2. The topological polar surface area (TPSA) is 16.1 Å². The molecule has 0 aliphatic heterocycles. The van der Waals surface area contributed by atoms with Gasteiger partial charge in [-0.2, -0.15) is 13.2 Å². The van der Waals surface area contributed by atoms with Gasteiger partial charge in [-0.1, -0.05) is 22.0 Å². The molecule has 0 saturated carbocycles. The lowest BCUT2D eigenvalue weighted by Gasteiger charge is -2.21. The van der Waals surface area contributed by atoms with Crippen molar-refractivity contribution >= 4 is 21.7 Å². The Hall–Kier alpha value is -0.780. The van der Waals surface area contributed by atoms with Crippen LogP contribution in [0.3, 0.4) is 0 Å². The quantitative estimate of drug-likeness (QED) is 0.793. The first kappa shape index (κ1) is 13.3. The van der Waals surface area contributed by atoms with Gasteiger partial charge < -0.3 is 4.90 Å². The number of anilines is 1. The molecule has 1 aromatic rings. The Bertz CT molecular complexity index is 341. The van der Waals surface area contributed by atoms with Crippen LogP contribution in [0.15, 0.2) is 18.2 Å². The molecule has 0 aliphatic carbocycles. The third-order valence-electron chi connectivity index (χ3n) is 2.08. The second-order valence-electron chi connectivity index (χ2n) is 3.15. The fourth-order valence-electron chi connectivity index (χ4n) is 1.29. The fraction of sp³-hybridized carbons (Fsp3) is 0.500. The normalized spacial score (nSPS) is 11.6. The maximum Gasteiger partial charge on any atom is 0.433 e. The van der Waals surface area contributed by atoms with E-state index in [-0.39, 0.29) is 0 Å². The Balaban J connectivity index is 2.97. The maximum absolute atomic E-state index is 12.4. The minimum absolute atomic E-state index is 0.358. The summed E-state index contributed by atoms with van der Waals surface area (Å²) >= 11 is 3.25. The second-order valence-corrected chi connectivity index (χ2v) is 3.94. The van der Waals surface area contributed by atoms with E-state index in [1.165, 1.54) is 6.07 Å². The van der Waals surface area contributed by atoms with Crippen LogP contribution >= 0.6 is 15.9 Å². The van der Waals surface area contributed by atoms with Crippen LogP contribution < -0.4 is 4.90 Å². The molecule has 16 heavy (non-hydrogen) atoms. The average molecular weight is 297 g/mol. The van der Waals surface area contributed by atoms with E-state index in [0.29, 0.717) is 24.2 Å². The van der Waals surface area contributed by atoms with Gasteiger partial charge in [0.2, 0.25) is 0 Å². The second kappa shape index (κ2) is 5.52. The molecular formula is C10H12BrF3N2. The molecule has 0 fully saturated rings. The molecule has 6 heteroatoms. The van der Waals surface area contributed by atoms with Gasteiger partial charge in [0.25, 0.3) is 0 Å². The highest BCUT2D eigenvalue weighted by atomic mass is 79.9. The van der Waals surface area contributed by atoms with E-state index >= 15 is 0 Å². The van der Waals surface area contributed by atoms with E-state index in [1.54, 1.807) is 11.0 Å². The number of hydrogen-bond acceptors (Lipinski definition) is 2. The Morgan fingerprint density at radius 2 is 2.06 bits per heavy atom. The summed E-state index contributed by atoms with van der Waals surface area (Å²) in [6.45, 7) is 3.13. The lowest BCUT2D eigenvalue weighted by Crippen LogP contribution is -2.26. The van der Waals surface area contributed by atoms with Gasteiger partial charge in [-0.25, -0.2) is 4.98 Å². The smallest absolute Gasteiger partial charge is 0.356 e. The summed E-state index contributed by atoms with van der Waals surface area (Å²) in [5.41, 5.74) is -0.849. The monoisotopic (exact) mass is 296 g/mol. The molecule has 0 radical (unpaired) electrons. The number of halogens is 4. The first-order chi connectivity index (χ1) is 7.49. The zero-order valence-corrected chi connectivity index (χ0v) is 10.3. The Labute approximate surface area is 101 Å². The highest BCUT2D eigenvalue weighted by Gasteiger charge is 2.32. The first-order valence-corrected chi connectivity index (χ1v) is 5.96. The van der Waals surface area contributed by atoms with Gasteiger partial charge in [-0.05, 0) is 19.1 Å². The lowest BCUT2D eigenvalue weighted by atomic mass is 10.3. The van der Waals surface area contributed by atoms with Crippen molar-refractivity contribution in [3.05, 3.63) is 23.9 Å². The number of alkyl halides is 4. The van der Waals surface area contributed by atoms with Crippen molar-refractivity contribution in [2.45, 2.75) is 13.1 Å². The molecule has 0 bridgehead atoms. The van der Waals surface area contributed by atoms with Gasteiger partial charge >= 0.3 is 6.18 Å². The molecule has 0 saturated heterocycles. The van der Waals surface area contributed by atoms with E-state index in [1.807, 2.05) is 6.92 Å². The third kappa shape index (κ3) is 3.37. The van der Waals surface area contributed by atoms with Gasteiger partial charge in [-0.3, -0.25) is 0 Å². The van der Waals surface area contributed by atoms with Gasteiger partial charge in [0.15, 0.2) is 0 Å². The Morgan fingerprint density at radius 1 is 1.38 bits per heavy atom. The highest BCUT2D eigenvalue weighted by molar-refractivity contribution is 9.09. The molecule has 1 rings (SSSR count). The van der Waals surface area contributed by atoms with E-state index < -0.39 is 11.9 Å². The van der Waals surface area contributed by atoms with Crippen LogP contribution in [0, 0.1) is 0 Å². The molecule has 0 aliphatic rings. The van der Waals surface area contributed by atoms with E-state index in [4.69, 9.17) is 0 Å². The number of aromatic nitrogens is 1. The molecule has 1 aromatic heterocycles. The predicted octanol–water partition coefficient (Wildman–Crippen LogP) is 3.32. The molecule has 0 N–H and O–H groups in total. The minimum atomic E-state index is -4.39. The maximum atomic E-state index is 12.4. The largest absolute Gasteiger partial charge is 0.433 e. The number of pyridine rings is 1. The van der Waals surface area contributed by atoms with Gasteiger partial charge in [0, 0.05) is 18.4 Å².